The second kappa shape index (κ2) is 3.17. The Morgan fingerprint density at radius 1 is 1.64 bits per heavy atom. The molecule has 1 heterocycles. The molecule has 1 rings (SSSR count). The van der Waals surface area contributed by atoms with Crippen LogP contribution in [-0.4, -0.2) is 16.0 Å². The summed E-state index contributed by atoms with van der Waals surface area (Å²) < 4.78 is 36.6. The predicted molar refractivity (Wildman–Crippen MR) is 34.1 cm³/mol. The van der Waals surface area contributed by atoms with Crippen molar-refractivity contribution in [3.8, 4) is 0 Å². The fourth-order valence-electron chi connectivity index (χ4n) is 0.607. The minimum absolute atomic E-state index is 0.194. The highest BCUT2D eigenvalue weighted by molar-refractivity contribution is 7.98. The largest absolute Gasteiger partial charge is 0.334 e. The van der Waals surface area contributed by atoms with Gasteiger partial charge in [-0.15, -0.1) is 11.8 Å². The van der Waals surface area contributed by atoms with Gasteiger partial charge in [0.1, 0.15) is 5.03 Å². The van der Waals surface area contributed by atoms with Gasteiger partial charge in [0.15, 0.2) is 12.0 Å². The Bertz CT molecular complexity index is 248. The summed E-state index contributed by atoms with van der Waals surface area (Å²) in [5.41, 5.74) is 0. The molecule has 0 fully saturated rings. The van der Waals surface area contributed by atoms with E-state index in [9.17, 15) is 13.2 Å². The maximum absolute atomic E-state index is 12.5. The molecule has 0 bridgehead atoms. The summed E-state index contributed by atoms with van der Waals surface area (Å²) in [7, 11) is 0. The topological polar surface area (TPSA) is 17.8 Å². The summed E-state index contributed by atoms with van der Waals surface area (Å²) in [6.45, 7) is -2.81. The molecule has 0 amide bonds. The summed E-state index contributed by atoms with van der Waals surface area (Å²) in [4.78, 5) is 0. The van der Waals surface area contributed by atoms with E-state index in [1.165, 1.54) is 6.26 Å². The van der Waals surface area contributed by atoms with Crippen molar-refractivity contribution in [2.24, 2.45) is 0 Å². The Balaban J connectivity index is 3.05. The zero-order valence-electron chi connectivity index (χ0n) is 5.51. The summed E-state index contributed by atoms with van der Waals surface area (Å²) in [6.07, 6.45) is 3.31. The van der Waals surface area contributed by atoms with Crippen molar-refractivity contribution < 1.29 is 13.2 Å². The molecule has 0 atom stereocenters. The van der Waals surface area contributed by atoms with Crippen LogP contribution in [0.25, 0.3) is 0 Å². The van der Waals surface area contributed by atoms with Crippen LogP contribution in [0.2, 0.25) is 0 Å². The first-order valence-electron chi connectivity index (χ1n) is 2.64. The molecule has 6 heteroatoms. The quantitative estimate of drug-likeness (QED) is 0.649. The molecule has 1 aromatic rings. The predicted octanol–water partition coefficient (Wildman–Crippen LogP) is 1.94. The van der Waals surface area contributed by atoms with E-state index in [-0.39, 0.29) is 5.03 Å². The Hall–Kier alpha value is -0.650. The van der Waals surface area contributed by atoms with E-state index in [2.05, 4.69) is 5.10 Å². The van der Waals surface area contributed by atoms with Gasteiger partial charge in [0.25, 0.3) is 0 Å². The van der Waals surface area contributed by atoms with Crippen molar-refractivity contribution in [1.29, 1.82) is 0 Å². The Kier molecular flexibility index (Phi) is 2.43. The monoisotopic (exact) mass is 181 g/mol. The summed E-state index contributed by atoms with van der Waals surface area (Å²) in [5.74, 6) is -0.835. The van der Waals surface area contributed by atoms with Crippen molar-refractivity contribution in [1.82, 2.24) is 9.78 Å². The van der Waals surface area contributed by atoms with Gasteiger partial charge in [0.2, 0.25) is 0 Å². The lowest BCUT2D eigenvalue weighted by molar-refractivity contribution is 0.0465. The zero-order chi connectivity index (χ0) is 8.43. The molecular weight excluding hydrogens is 177 g/mol. The van der Waals surface area contributed by atoms with Crippen molar-refractivity contribution >= 4 is 11.8 Å². The zero-order valence-corrected chi connectivity index (χ0v) is 6.33. The first kappa shape index (κ1) is 8.45. The van der Waals surface area contributed by atoms with Gasteiger partial charge in [-0.05, 0) is 6.26 Å². The third kappa shape index (κ3) is 1.50. The van der Waals surface area contributed by atoms with Gasteiger partial charge >= 0.3 is 6.55 Å². The van der Waals surface area contributed by atoms with E-state index in [4.69, 9.17) is 0 Å². The number of nitrogens with zero attached hydrogens (tertiary/aromatic N) is 2. The van der Waals surface area contributed by atoms with Crippen molar-refractivity contribution in [2.45, 2.75) is 11.6 Å². The fourth-order valence-corrected chi connectivity index (χ4v) is 1.14. The SMILES string of the molecule is CSc1c(F)[c]nn1C(F)F. The Morgan fingerprint density at radius 3 is 2.64 bits per heavy atom. The molecule has 11 heavy (non-hydrogen) atoms. The average Bonchev–Trinajstić information content (AvgIpc) is 2.30. The van der Waals surface area contributed by atoms with Crippen LogP contribution in [0.15, 0.2) is 5.03 Å². The van der Waals surface area contributed by atoms with Gasteiger partial charge in [-0.25, -0.2) is 4.39 Å². The van der Waals surface area contributed by atoms with Crippen LogP contribution in [0.1, 0.15) is 6.55 Å². The maximum atomic E-state index is 12.5. The first-order valence-corrected chi connectivity index (χ1v) is 3.87. The molecule has 0 aliphatic heterocycles. The van der Waals surface area contributed by atoms with E-state index in [0.717, 1.165) is 11.8 Å². The Morgan fingerprint density at radius 2 is 2.27 bits per heavy atom. The molecular formula is C5H4F3N2S. The number of hydrogen-bond acceptors (Lipinski definition) is 2. The molecule has 0 aliphatic rings. The van der Waals surface area contributed by atoms with E-state index >= 15 is 0 Å². The second-order valence-corrected chi connectivity index (χ2v) is 2.45. The highest BCUT2D eigenvalue weighted by Crippen LogP contribution is 2.22. The van der Waals surface area contributed by atoms with Gasteiger partial charge in [0, 0.05) is 0 Å². The first-order chi connectivity index (χ1) is 5.16. The fraction of sp³-hybridized carbons (Fsp3) is 0.400. The van der Waals surface area contributed by atoms with E-state index in [1.807, 2.05) is 6.20 Å². The number of thioether (sulfide) groups is 1. The molecule has 0 saturated carbocycles. The van der Waals surface area contributed by atoms with Crippen molar-refractivity contribution in [2.75, 3.05) is 6.26 Å². The molecule has 1 aromatic heterocycles. The summed E-state index contributed by atoms with van der Waals surface area (Å²) >= 11 is 0.871. The summed E-state index contributed by atoms with van der Waals surface area (Å²) in [5, 5.41) is 2.84. The molecule has 0 unspecified atom stereocenters. The van der Waals surface area contributed by atoms with Gasteiger partial charge in [0.05, 0.1) is 0 Å². The molecule has 0 saturated heterocycles. The van der Waals surface area contributed by atoms with Gasteiger partial charge < -0.3 is 0 Å². The third-order valence-corrected chi connectivity index (χ3v) is 1.78. The molecule has 0 aliphatic carbocycles. The standard InChI is InChI=1S/C5H4F3N2S/c1-11-4-3(6)2-9-10(4)5(7)8/h5H,1H3. The van der Waals surface area contributed by atoms with Crippen LogP contribution in [-0.2, 0) is 0 Å². The lowest BCUT2D eigenvalue weighted by Crippen LogP contribution is -2.01. The number of halogens is 3. The summed E-state index contributed by atoms with van der Waals surface area (Å²) in [6, 6.07) is 0. The van der Waals surface area contributed by atoms with Gasteiger partial charge in [-0.3, -0.25) is 0 Å². The van der Waals surface area contributed by atoms with Crippen LogP contribution >= 0.6 is 11.8 Å². The number of rotatable bonds is 2. The molecule has 61 valence electrons. The third-order valence-electron chi connectivity index (χ3n) is 1.03. The average molecular weight is 181 g/mol. The lowest BCUT2D eigenvalue weighted by Gasteiger charge is -2.01. The normalized spacial score (nSPS) is 11.0. The van der Waals surface area contributed by atoms with Crippen molar-refractivity contribution in [3.05, 3.63) is 12.0 Å². The number of aromatic nitrogens is 2. The van der Waals surface area contributed by atoms with Crippen LogP contribution in [0.3, 0.4) is 0 Å². The smallest absolute Gasteiger partial charge is 0.201 e. The van der Waals surface area contributed by atoms with Crippen LogP contribution in [0, 0.1) is 12.0 Å². The van der Waals surface area contributed by atoms with Crippen molar-refractivity contribution in [3.63, 3.8) is 0 Å². The van der Waals surface area contributed by atoms with E-state index in [0.29, 0.717) is 4.68 Å². The van der Waals surface area contributed by atoms with E-state index < -0.39 is 12.4 Å². The molecule has 2 nitrogen and oxygen atoms in total. The lowest BCUT2D eigenvalue weighted by atomic mass is 10.7. The highest BCUT2D eigenvalue weighted by Gasteiger charge is 2.16. The second-order valence-electron chi connectivity index (χ2n) is 1.66. The van der Waals surface area contributed by atoms with Gasteiger partial charge in [-0.1, -0.05) is 0 Å². The van der Waals surface area contributed by atoms with Crippen LogP contribution < -0.4 is 0 Å². The van der Waals surface area contributed by atoms with Crippen LogP contribution in [0.4, 0.5) is 13.2 Å². The maximum Gasteiger partial charge on any atom is 0.334 e. The van der Waals surface area contributed by atoms with Gasteiger partial charge in [-0.2, -0.15) is 18.6 Å². The van der Waals surface area contributed by atoms with E-state index in [1.54, 1.807) is 0 Å². The molecule has 0 spiro atoms. The number of hydrogen-bond donors (Lipinski definition) is 0. The number of alkyl halides is 2. The van der Waals surface area contributed by atoms with Crippen LogP contribution in [0.5, 0.6) is 0 Å². The Labute approximate surface area is 65.4 Å². The molecule has 0 aromatic carbocycles. The minimum Gasteiger partial charge on any atom is -0.201 e. The minimum atomic E-state index is -2.81. The molecule has 0 N–H and O–H groups in total. The molecule has 1 radical (unpaired) electrons. The highest BCUT2D eigenvalue weighted by atomic mass is 32.2.